The predicted molar refractivity (Wildman–Crippen MR) is 143 cm³/mol. The molecule has 1 N–H and O–H groups in total. The summed E-state index contributed by atoms with van der Waals surface area (Å²) in [6.45, 7) is 7.48. The van der Waals surface area contributed by atoms with Gasteiger partial charge in [-0.2, -0.15) is 0 Å². The van der Waals surface area contributed by atoms with E-state index < -0.39 is 23.7 Å². The number of ketones is 1. The second-order valence-electron chi connectivity index (χ2n) is 8.46. The number of aliphatic hydroxyl groups is 1. The molecule has 198 valence electrons. The van der Waals surface area contributed by atoms with Crippen molar-refractivity contribution in [1.82, 2.24) is 4.98 Å². The van der Waals surface area contributed by atoms with E-state index in [1.165, 1.54) is 4.90 Å². The van der Waals surface area contributed by atoms with Crippen molar-refractivity contribution >= 4 is 39.9 Å². The number of Topliss-reactive ketones (excluding diaryl/α,β-unsaturated/α-hetero) is 1. The Morgan fingerprint density at radius 1 is 1.08 bits per heavy atom. The number of carbonyl (C=O) groups excluding carboxylic acids is 3. The van der Waals surface area contributed by atoms with Crippen LogP contribution in [0.5, 0.6) is 11.5 Å². The van der Waals surface area contributed by atoms with Crippen molar-refractivity contribution < 1.29 is 33.7 Å². The van der Waals surface area contributed by atoms with Gasteiger partial charge in [0.15, 0.2) is 5.13 Å². The highest BCUT2D eigenvalue weighted by molar-refractivity contribution is 7.17. The molecular formula is C28H28N2O7S. The molecule has 0 radical (unpaired) electrons. The van der Waals surface area contributed by atoms with E-state index in [1.807, 2.05) is 13.8 Å². The Bertz CT molecular complexity index is 1440. The van der Waals surface area contributed by atoms with Crippen LogP contribution in [-0.4, -0.2) is 48.1 Å². The zero-order chi connectivity index (χ0) is 27.6. The van der Waals surface area contributed by atoms with E-state index in [0.29, 0.717) is 34.9 Å². The summed E-state index contributed by atoms with van der Waals surface area (Å²) in [6.07, 6.45) is 0. The molecule has 0 aliphatic carbocycles. The van der Waals surface area contributed by atoms with Crippen molar-refractivity contribution in [2.75, 3.05) is 25.2 Å². The number of amides is 1. The number of para-hydroxylation sites is 1. The molecule has 3 aromatic rings. The molecule has 1 aliphatic rings. The minimum atomic E-state index is -1.05. The molecular weight excluding hydrogens is 508 g/mol. The van der Waals surface area contributed by atoms with Crippen LogP contribution in [0.1, 0.15) is 51.9 Å². The van der Waals surface area contributed by atoms with Gasteiger partial charge in [-0.3, -0.25) is 14.5 Å². The minimum Gasteiger partial charge on any atom is -0.507 e. The van der Waals surface area contributed by atoms with Crippen molar-refractivity contribution in [2.24, 2.45) is 0 Å². The number of rotatable bonds is 8. The first kappa shape index (κ1) is 26.9. The third kappa shape index (κ3) is 4.74. The van der Waals surface area contributed by atoms with Crippen molar-refractivity contribution in [3.63, 3.8) is 0 Å². The number of benzene rings is 2. The van der Waals surface area contributed by atoms with Gasteiger partial charge in [-0.1, -0.05) is 29.5 Å². The number of ether oxygens (including phenoxy) is 3. The molecule has 10 heteroatoms. The number of nitrogens with zero attached hydrogens (tertiary/aromatic N) is 2. The van der Waals surface area contributed by atoms with Crippen LogP contribution in [0.15, 0.2) is 48.0 Å². The van der Waals surface area contributed by atoms with Crippen molar-refractivity contribution in [1.29, 1.82) is 0 Å². The molecule has 1 fully saturated rings. The van der Waals surface area contributed by atoms with E-state index in [-0.39, 0.29) is 27.9 Å². The Hall–Kier alpha value is -4.18. The fourth-order valence-corrected chi connectivity index (χ4v) is 5.36. The average molecular weight is 537 g/mol. The molecule has 1 saturated heterocycles. The van der Waals surface area contributed by atoms with Crippen LogP contribution < -0.4 is 14.4 Å². The van der Waals surface area contributed by atoms with Crippen molar-refractivity contribution in [3.8, 4) is 11.5 Å². The summed E-state index contributed by atoms with van der Waals surface area (Å²) >= 11 is 0.951. The first-order valence-corrected chi connectivity index (χ1v) is 12.9. The molecule has 1 amide bonds. The van der Waals surface area contributed by atoms with Gasteiger partial charge in [-0.25, -0.2) is 9.78 Å². The zero-order valence-corrected chi connectivity index (χ0v) is 22.5. The molecule has 9 nitrogen and oxygen atoms in total. The van der Waals surface area contributed by atoms with Gasteiger partial charge >= 0.3 is 11.9 Å². The number of aryl methyl sites for hydroxylation is 2. The molecule has 2 aromatic carbocycles. The van der Waals surface area contributed by atoms with Crippen molar-refractivity contribution in [2.45, 2.75) is 33.7 Å². The highest BCUT2D eigenvalue weighted by atomic mass is 32.1. The molecule has 0 saturated carbocycles. The van der Waals surface area contributed by atoms with Gasteiger partial charge in [0, 0.05) is 11.1 Å². The average Bonchev–Trinajstić information content (AvgIpc) is 3.40. The summed E-state index contributed by atoms with van der Waals surface area (Å²) in [5.74, 6) is -1.60. The molecule has 0 spiro atoms. The predicted octanol–water partition coefficient (Wildman–Crippen LogP) is 4.97. The van der Waals surface area contributed by atoms with Crippen molar-refractivity contribution in [3.05, 3.63) is 75.3 Å². The summed E-state index contributed by atoms with van der Waals surface area (Å²) in [7, 11) is 1.54. The maximum Gasteiger partial charge on any atom is 0.350 e. The Balaban J connectivity index is 1.95. The smallest absolute Gasteiger partial charge is 0.350 e. The van der Waals surface area contributed by atoms with Gasteiger partial charge in [0.1, 0.15) is 28.2 Å². The lowest BCUT2D eigenvalue weighted by atomic mass is 9.94. The quantitative estimate of drug-likeness (QED) is 0.186. The number of aliphatic hydroxyl groups excluding tert-OH is 1. The number of anilines is 1. The first-order valence-electron chi connectivity index (χ1n) is 12.1. The summed E-state index contributed by atoms with van der Waals surface area (Å²) in [5.41, 5.74) is 1.84. The normalized spacial score (nSPS) is 16.6. The lowest BCUT2D eigenvalue weighted by Gasteiger charge is -2.24. The van der Waals surface area contributed by atoms with Gasteiger partial charge in [0.05, 0.1) is 31.6 Å². The highest BCUT2D eigenvalue weighted by Crippen LogP contribution is 2.46. The molecule has 1 atom stereocenters. The summed E-state index contributed by atoms with van der Waals surface area (Å²) in [4.78, 5) is 45.4. The van der Waals surface area contributed by atoms with E-state index in [2.05, 4.69) is 4.98 Å². The van der Waals surface area contributed by atoms with Gasteiger partial charge in [0.25, 0.3) is 5.78 Å². The molecule has 0 bridgehead atoms. The maximum atomic E-state index is 13.5. The van der Waals surface area contributed by atoms with Gasteiger partial charge in [0.2, 0.25) is 0 Å². The summed E-state index contributed by atoms with van der Waals surface area (Å²) in [5, 5.41) is 11.6. The number of hydrogen-bond acceptors (Lipinski definition) is 9. The van der Waals surface area contributed by atoms with Crippen LogP contribution in [-0.2, 0) is 14.3 Å². The number of carbonyl (C=O) groups is 3. The van der Waals surface area contributed by atoms with E-state index in [1.54, 1.807) is 63.4 Å². The van der Waals surface area contributed by atoms with Crippen LogP contribution in [0.4, 0.5) is 5.13 Å². The molecule has 1 aliphatic heterocycles. The molecule has 1 aromatic heterocycles. The third-order valence-electron chi connectivity index (χ3n) is 6.08. The molecule has 4 rings (SSSR count). The monoisotopic (exact) mass is 536 g/mol. The number of hydrogen-bond donors (Lipinski definition) is 1. The van der Waals surface area contributed by atoms with Gasteiger partial charge in [-0.15, -0.1) is 0 Å². The minimum absolute atomic E-state index is 0.114. The third-order valence-corrected chi connectivity index (χ3v) is 7.22. The molecule has 2 heterocycles. The van der Waals surface area contributed by atoms with Crippen LogP contribution >= 0.6 is 11.3 Å². The van der Waals surface area contributed by atoms with Crippen LogP contribution in [0.2, 0.25) is 0 Å². The topological polar surface area (TPSA) is 115 Å². The molecule has 0 unspecified atom stereocenters. The Labute approximate surface area is 224 Å². The Kier molecular flexibility index (Phi) is 7.82. The Morgan fingerprint density at radius 2 is 1.82 bits per heavy atom. The van der Waals surface area contributed by atoms with Crippen LogP contribution in [0.3, 0.4) is 0 Å². The maximum absolute atomic E-state index is 13.5. The number of esters is 1. The lowest BCUT2D eigenvalue weighted by molar-refractivity contribution is -0.132. The first-order chi connectivity index (χ1) is 18.2. The highest BCUT2D eigenvalue weighted by Gasteiger charge is 2.49. The standard InChI is InChI=1S/C28H28N2O7S/c1-6-36-20-11-9-8-10-18(20)22-21(23(31)17-12-13-19(35-5)15(3)14-17)24(32)26(33)30(22)28-29-16(4)25(38-28)27(34)37-7-2/h8-14,22,31H,6-7H2,1-5H3/t22-/m0/s1. The van der Waals surface area contributed by atoms with E-state index >= 15 is 0 Å². The fraction of sp³-hybridized carbons (Fsp3) is 0.286. The second kappa shape index (κ2) is 11.1. The number of thiazole rings is 1. The fourth-order valence-electron chi connectivity index (χ4n) is 4.37. The SMILES string of the molecule is CCOC(=O)c1sc(N2C(=O)C(=O)C(=C(O)c3ccc(OC)c(C)c3)[C@@H]2c2ccccc2OCC)nc1C. The Morgan fingerprint density at radius 3 is 2.47 bits per heavy atom. The van der Waals surface area contributed by atoms with E-state index in [4.69, 9.17) is 14.2 Å². The largest absolute Gasteiger partial charge is 0.507 e. The zero-order valence-electron chi connectivity index (χ0n) is 21.7. The lowest BCUT2D eigenvalue weighted by Crippen LogP contribution is -2.29. The summed E-state index contributed by atoms with van der Waals surface area (Å²) in [6, 6.07) is 10.9. The molecule has 38 heavy (non-hydrogen) atoms. The van der Waals surface area contributed by atoms with Gasteiger partial charge in [-0.05, 0) is 57.5 Å². The van der Waals surface area contributed by atoms with Crippen LogP contribution in [0, 0.1) is 13.8 Å². The summed E-state index contributed by atoms with van der Waals surface area (Å²) < 4.78 is 16.3. The van der Waals surface area contributed by atoms with Crippen LogP contribution in [0.25, 0.3) is 5.76 Å². The van der Waals surface area contributed by atoms with E-state index in [9.17, 15) is 19.5 Å². The number of methoxy groups -OCH3 is 1. The van der Waals surface area contributed by atoms with Gasteiger partial charge < -0.3 is 19.3 Å². The number of aromatic nitrogens is 1. The van der Waals surface area contributed by atoms with E-state index in [0.717, 1.165) is 16.9 Å². The second-order valence-corrected chi connectivity index (χ2v) is 9.43.